The third kappa shape index (κ3) is 4.61. The summed E-state index contributed by atoms with van der Waals surface area (Å²) in [5.74, 6) is 4.58. The van der Waals surface area contributed by atoms with Crippen molar-refractivity contribution >= 4 is 23.3 Å². The Bertz CT molecular complexity index is 1350. The average molecular weight is 454 g/mol. The molecule has 162 valence electrons. The Kier molecular flexibility index (Phi) is 6.16. The number of nitrogens with zero attached hydrogens (tertiary/aromatic N) is 5. The summed E-state index contributed by atoms with van der Waals surface area (Å²) in [7, 11) is 1.46. The van der Waals surface area contributed by atoms with Crippen molar-refractivity contribution in [3.05, 3.63) is 60.1 Å². The first-order valence-corrected chi connectivity index (χ1v) is 10.1. The van der Waals surface area contributed by atoms with Gasteiger partial charge in [0.05, 0.1) is 17.7 Å². The van der Waals surface area contributed by atoms with Crippen LogP contribution in [0.3, 0.4) is 0 Å². The molecule has 1 aromatic carbocycles. The van der Waals surface area contributed by atoms with Gasteiger partial charge in [-0.2, -0.15) is 9.61 Å². The molecular weight excluding hydrogens is 438 g/mol. The Morgan fingerprint density at radius 3 is 2.78 bits per heavy atom. The van der Waals surface area contributed by atoms with Crippen LogP contribution in [0.2, 0.25) is 0 Å². The summed E-state index contributed by atoms with van der Waals surface area (Å²) in [5.41, 5.74) is 2.15. The molecule has 0 aliphatic heterocycles. The van der Waals surface area contributed by atoms with Crippen LogP contribution in [0.5, 0.6) is 5.88 Å². The van der Waals surface area contributed by atoms with Crippen molar-refractivity contribution in [3.8, 4) is 29.0 Å². The van der Waals surface area contributed by atoms with Crippen molar-refractivity contribution in [2.24, 2.45) is 0 Å². The molecule has 0 aliphatic rings. The molecule has 2 N–H and O–H groups in total. The minimum atomic E-state index is -0.812. The third-order valence-corrected chi connectivity index (χ3v) is 5.03. The van der Waals surface area contributed by atoms with Gasteiger partial charge in [0.2, 0.25) is 11.7 Å². The fourth-order valence-corrected chi connectivity index (χ4v) is 3.34. The minimum absolute atomic E-state index is 0.212. The van der Waals surface area contributed by atoms with E-state index in [-0.39, 0.29) is 16.6 Å². The number of aliphatic hydroxyl groups excluding tert-OH is 1. The second-order valence-corrected chi connectivity index (χ2v) is 7.37. The number of rotatable bonds is 5. The molecule has 0 aliphatic carbocycles. The molecule has 11 heteroatoms. The molecule has 1 atom stereocenters. The normalized spacial score (nSPS) is 11.7. The Balaban J connectivity index is 1.66. The van der Waals surface area contributed by atoms with Crippen molar-refractivity contribution < 1.29 is 18.6 Å². The van der Waals surface area contributed by atoms with Gasteiger partial charge in [0.15, 0.2) is 5.65 Å². The molecule has 0 spiro atoms. The van der Waals surface area contributed by atoms with Gasteiger partial charge < -0.3 is 14.6 Å². The van der Waals surface area contributed by atoms with E-state index in [0.29, 0.717) is 22.6 Å². The van der Waals surface area contributed by atoms with E-state index in [1.807, 2.05) is 0 Å². The van der Waals surface area contributed by atoms with Crippen LogP contribution in [0, 0.1) is 23.5 Å². The molecular formula is C21H16F2N6O2S. The van der Waals surface area contributed by atoms with Crippen LogP contribution in [-0.2, 0) is 0 Å². The Morgan fingerprint density at radius 1 is 1.19 bits per heavy atom. The van der Waals surface area contributed by atoms with E-state index >= 15 is 0 Å². The van der Waals surface area contributed by atoms with Gasteiger partial charge >= 0.3 is 0 Å². The smallest absolute Gasteiger partial charge is 0.237 e. The van der Waals surface area contributed by atoms with Crippen LogP contribution >= 0.6 is 11.9 Å². The summed E-state index contributed by atoms with van der Waals surface area (Å²) in [6.07, 6.45) is 0.765. The lowest BCUT2D eigenvalue weighted by Gasteiger charge is -2.11. The predicted octanol–water partition coefficient (Wildman–Crippen LogP) is 3.32. The fraction of sp³-hybridized carbons (Fsp3) is 0.143. The summed E-state index contributed by atoms with van der Waals surface area (Å²) in [4.78, 5) is 4.49. The van der Waals surface area contributed by atoms with Gasteiger partial charge in [0, 0.05) is 17.8 Å². The number of halogens is 2. The van der Waals surface area contributed by atoms with E-state index in [4.69, 9.17) is 4.74 Å². The maximum atomic E-state index is 13.9. The van der Waals surface area contributed by atoms with Gasteiger partial charge in [0.25, 0.3) is 0 Å². The van der Waals surface area contributed by atoms with E-state index in [1.165, 1.54) is 23.8 Å². The molecule has 0 amide bonds. The van der Waals surface area contributed by atoms with Gasteiger partial charge in [-0.15, -0.1) is 10.2 Å². The molecule has 0 fully saturated rings. The van der Waals surface area contributed by atoms with Crippen LogP contribution < -0.4 is 9.46 Å². The number of benzene rings is 1. The highest BCUT2D eigenvalue weighted by molar-refractivity contribution is 8.00. The highest BCUT2D eigenvalue weighted by Crippen LogP contribution is 2.32. The van der Waals surface area contributed by atoms with Crippen LogP contribution in [-0.4, -0.2) is 43.1 Å². The zero-order valence-corrected chi connectivity index (χ0v) is 17.7. The van der Waals surface area contributed by atoms with Gasteiger partial charge in [-0.1, -0.05) is 5.92 Å². The molecule has 0 saturated carbocycles. The number of ether oxygens (including phenoxy) is 1. The van der Waals surface area contributed by atoms with E-state index in [1.54, 1.807) is 31.3 Å². The molecule has 8 nitrogen and oxygen atoms in total. The average Bonchev–Trinajstić information content (AvgIpc) is 3.19. The lowest BCUT2D eigenvalue weighted by Crippen LogP contribution is -2.00. The number of hydrogen-bond donors (Lipinski definition) is 2. The zero-order chi connectivity index (χ0) is 22.7. The first-order chi connectivity index (χ1) is 15.4. The largest absolute Gasteiger partial charge is 0.480 e. The minimum Gasteiger partial charge on any atom is -0.480 e. The molecule has 0 bridgehead atoms. The molecule has 32 heavy (non-hydrogen) atoms. The number of anilines is 1. The number of hydrogen-bond acceptors (Lipinski definition) is 8. The maximum Gasteiger partial charge on any atom is 0.237 e. The predicted molar refractivity (Wildman–Crippen MR) is 115 cm³/mol. The Morgan fingerprint density at radius 2 is 2.03 bits per heavy atom. The van der Waals surface area contributed by atoms with Crippen LogP contribution in [0.15, 0.2) is 47.5 Å². The quantitative estimate of drug-likeness (QED) is 0.350. The standard InChI is InChI=1S/C21H16F2N6O2S/c1-12(30)3-7-19-25-26-20-8-5-16(27-29(19)20)13-9-17(21(31-2)24-11-13)28-32-18-6-4-14(22)10-15(18)23/h4-6,8-12,28,30H,1-2H3. The van der Waals surface area contributed by atoms with Crippen molar-refractivity contribution in [1.29, 1.82) is 0 Å². The summed E-state index contributed by atoms with van der Waals surface area (Å²) >= 11 is 0.959. The van der Waals surface area contributed by atoms with E-state index in [2.05, 4.69) is 36.8 Å². The van der Waals surface area contributed by atoms with Crippen LogP contribution in [0.1, 0.15) is 12.7 Å². The maximum absolute atomic E-state index is 13.9. The van der Waals surface area contributed by atoms with Crippen molar-refractivity contribution in [1.82, 2.24) is 24.8 Å². The first-order valence-electron chi connectivity index (χ1n) is 9.29. The lowest BCUT2D eigenvalue weighted by atomic mass is 10.2. The number of nitrogens with one attached hydrogen (secondary N) is 1. The number of aliphatic hydroxyl groups is 1. The van der Waals surface area contributed by atoms with Crippen molar-refractivity contribution in [2.75, 3.05) is 11.8 Å². The molecule has 4 aromatic rings. The number of methoxy groups -OCH3 is 1. The second-order valence-electron chi connectivity index (χ2n) is 6.52. The van der Waals surface area contributed by atoms with Crippen molar-refractivity contribution in [2.45, 2.75) is 17.9 Å². The monoisotopic (exact) mass is 454 g/mol. The summed E-state index contributed by atoms with van der Waals surface area (Å²) in [5, 5.41) is 21.9. The molecule has 0 saturated heterocycles. The summed E-state index contributed by atoms with van der Waals surface area (Å²) < 4.78 is 36.8. The Labute approximate surface area is 185 Å². The lowest BCUT2D eigenvalue weighted by molar-refractivity contribution is 0.253. The van der Waals surface area contributed by atoms with Gasteiger partial charge in [0.1, 0.15) is 23.4 Å². The molecule has 3 aromatic heterocycles. The number of fused-ring (bicyclic) bond motifs is 1. The van der Waals surface area contributed by atoms with E-state index in [0.717, 1.165) is 18.0 Å². The van der Waals surface area contributed by atoms with E-state index < -0.39 is 17.7 Å². The van der Waals surface area contributed by atoms with Gasteiger partial charge in [-0.3, -0.25) is 0 Å². The number of pyridine rings is 1. The SMILES string of the molecule is COc1ncc(-c2ccc3nnc(C#CC(C)O)n3n2)cc1NSc1ccc(F)cc1F. The highest BCUT2D eigenvalue weighted by Gasteiger charge is 2.13. The van der Waals surface area contributed by atoms with Crippen LogP contribution in [0.4, 0.5) is 14.5 Å². The van der Waals surface area contributed by atoms with Gasteiger partial charge in [-0.25, -0.2) is 13.8 Å². The van der Waals surface area contributed by atoms with Crippen molar-refractivity contribution in [3.63, 3.8) is 0 Å². The second kappa shape index (κ2) is 9.17. The number of aromatic nitrogens is 5. The summed E-state index contributed by atoms with van der Waals surface area (Å²) in [6.45, 7) is 1.54. The molecule has 3 heterocycles. The molecule has 1 unspecified atom stereocenters. The first kappa shape index (κ1) is 21.5. The van der Waals surface area contributed by atoms with Gasteiger partial charge in [-0.05, 0) is 55.1 Å². The highest BCUT2D eigenvalue weighted by atomic mass is 32.2. The summed E-state index contributed by atoms with van der Waals surface area (Å²) in [6, 6.07) is 8.53. The zero-order valence-electron chi connectivity index (χ0n) is 16.9. The van der Waals surface area contributed by atoms with E-state index in [9.17, 15) is 13.9 Å². The molecule has 0 radical (unpaired) electrons. The topological polar surface area (TPSA) is 97.5 Å². The third-order valence-electron chi connectivity index (χ3n) is 4.16. The van der Waals surface area contributed by atoms with Crippen LogP contribution in [0.25, 0.3) is 16.9 Å². The molecule has 4 rings (SSSR count). The Hall–Kier alpha value is -3.75. The fourth-order valence-electron chi connectivity index (χ4n) is 2.69.